The number of epoxide rings is 1. The second kappa shape index (κ2) is 3.37. The minimum atomic E-state index is -0.294. The van der Waals surface area contributed by atoms with Gasteiger partial charge in [-0.1, -0.05) is 6.08 Å². The number of rotatable bonds is 3. The van der Waals surface area contributed by atoms with Crippen molar-refractivity contribution in [3.05, 3.63) is 12.2 Å². The molecule has 1 heterocycles. The first kappa shape index (κ1) is 7.28. The van der Waals surface area contributed by atoms with Gasteiger partial charge in [0.25, 0.3) is 0 Å². The van der Waals surface area contributed by atoms with Crippen LogP contribution in [0.3, 0.4) is 0 Å². The molecule has 0 aromatic rings. The Labute approximate surface area is 59.6 Å². The lowest BCUT2D eigenvalue weighted by Gasteiger charge is -1.95. The zero-order valence-corrected chi connectivity index (χ0v) is 5.87. The molecule has 0 N–H and O–H groups in total. The van der Waals surface area contributed by atoms with Crippen molar-refractivity contribution >= 4 is 5.97 Å². The summed E-state index contributed by atoms with van der Waals surface area (Å²) in [6, 6.07) is 0. The smallest absolute Gasteiger partial charge is 0.330 e. The van der Waals surface area contributed by atoms with Gasteiger partial charge in [-0.15, -0.1) is 0 Å². The van der Waals surface area contributed by atoms with Crippen LogP contribution in [0, 0.1) is 0 Å². The Morgan fingerprint density at radius 2 is 2.60 bits per heavy atom. The molecule has 0 bridgehead atoms. The quantitative estimate of drug-likeness (QED) is 0.327. The molecule has 0 saturated carbocycles. The van der Waals surface area contributed by atoms with E-state index < -0.39 is 0 Å². The highest BCUT2D eigenvalue weighted by molar-refractivity contribution is 5.81. The molecule has 0 aromatic heterocycles. The van der Waals surface area contributed by atoms with Gasteiger partial charge in [0.15, 0.2) is 0 Å². The maximum absolute atomic E-state index is 10.6. The highest BCUT2D eigenvalue weighted by Gasteiger charge is 2.23. The fourth-order valence-electron chi connectivity index (χ4n) is 0.524. The van der Waals surface area contributed by atoms with Gasteiger partial charge in [-0.05, 0) is 6.92 Å². The van der Waals surface area contributed by atoms with Crippen LogP contribution < -0.4 is 0 Å². The normalized spacial score (nSPS) is 23.1. The molecule has 0 spiro atoms. The highest BCUT2D eigenvalue weighted by atomic mass is 16.6. The van der Waals surface area contributed by atoms with Crippen molar-refractivity contribution in [2.24, 2.45) is 0 Å². The van der Waals surface area contributed by atoms with Gasteiger partial charge < -0.3 is 9.47 Å². The molecule has 1 atom stereocenters. The van der Waals surface area contributed by atoms with Crippen molar-refractivity contribution in [1.82, 2.24) is 0 Å². The highest BCUT2D eigenvalue weighted by Crippen LogP contribution is 2.08. The standard InChI is InChI=1S/C7H10O3/c1-2-3-7(8)10-5-6-4-9-6/h2-3,6H,4-5H2,1H3/b3-2+/t6-/m1/s1. The summed E-state index contributed by atoms with van der Waals surface area (Å²) >= 11 is 0. The molecule has 0 aromatic carbocycles. The molecule has 1 aliphatic rings. The molecule has 0 amide bonds. The van der Waals surface area contributed by atoms with Crippen molar-refractivity contribution in [2.75, 3.05) is 13.2 Å². The van der Waals surface area contributed by atoms with Crippen molar-refractivity contribution in [3.63, 3.8) is 0 Å². The summed E-state index contributed by atoms with van der Waals surface area (Å²) in [5, 5.41) is 0. The van der Waals surface area contributed by atoms with E-state index in [-0.39, 0.29) is 12.1 Å². The third kappa shape index (κ3) is 2.64. The van der Waals surface area contributed by atoms with Gasteiger partial charge in [-0.25, -0.2) is 4.79 Å². The molecule has 1 aliphatic heterocycles. The van der Waals surface area contributed by atoms with Crippen LogP contribution in [0.2, 0.25) is 0 Å². The molecule has 56 valence electrons. The van der Waals surface area contributed by atoms with E-state index in [0.717, 1.165) is 6.61 Å². The van der Waals surface area contributed by atoms with E-state index in [4.69, 9.17) is 9.47 Å². The fourth-order valence-corrected chi connectivity index (χ4v) is 0.524. The van der Waals surface area contributed by atoms with E-state index in [1.165, 1.54) is 6.08 Å². The number of hydrogen-bond donors (Lipinski definition) is 0. The first-order valence-electron chi connectivity index (χ1n) is 3.24. The van der Waals surface area contributed by atoms with Gasteiger partial charge in [0.1, 0.15) is 12.7 Å². The molecular formula is C7H10O3. The Morgan fingerprint density at radius 3 is 3.10 bits per heavy atom. The van der Waals surface area contributed by atoms with Crippen LogP contribution >= 0.6 is 0 Å². The number of carbonyl (C=O) groups excluding carboxylic acids is 1. The van der Waals surface area contributed by atoms with Crippen LogP contribution in [0.25, 0.3) is 0 Å². The van der Waals surface area contributed by atoms with Crippen LogP contribution in [0.4, 0.5) is 0 Å². The molecule has 1 rings (SSSR count). The van der Waals surface area contributed by atoms with Gasteiger partial charge >= 0.3 is 5.97 Å². The second-order valence-corrected chi connectivity index (χ2v) is 2.09. The molecule has 0 unspecified atom stereocenters. The maximum Gasteiger partial charge on any atom is 0.330 e. The topological polar surface area (TPSA) is 38.8 Å². The molecule has 0 aliphatic carbocycles. The summed E-state index contributed by atoms with van der Waals surface area (Å²) in [6.45, 7) is 2.89. The predicted octanol–water partition coefficient (Wildman–Crippen LogP) is 0.505. The van der Waals surface area contributed by atoms with E-state index >= 15 is 0 Å². The van der Waals surface area contributed by atoms with E-state index in [2.05, 4.69) is 0 Å². The number of esters is 1. The largest absolute Gasteiger partial charge is 0.460 e. The minimum absolute atomic E-state index is 0.161. The zero-order chi connectivity index (χ0) is 7.40. The maximum atomic E-state index is 10.6. The molecule has 1 fully saturated rings. The van der Waals surface area contributed by atoms with Crippen LogP contribution in [0.5, 0.6) is 0 Å². The summed E-state index contributed by atoms with van der Waals surface area (Å²) < 4.78 is 9.59. The van der Waals surface area contributed by atoms with Crippen molar-refractivity contribution in [2.45, 2.75) is 13.0 Å². The first-order valence-corrected chi connectivity index (χ1v) is 3.24. The molecule has 3 nitrogen and oxygen atoms in total. The molecule has 0 radical (unpaired) electrons. The Bertz CT molecular complexity index is 147. The summed E-state index contributed by atoms with van der Waals surface area (Å²) in [4.78, 5) is 10.6. The number of hydrogen-bond acceptors (Lipinski definition) is 3. The third-order valence-electron chi connectivity index (χ3n) is 1.12. The lowest BCUT2D eigenvalue weighted by atomic mass is 10.5. The van der Waals surface area contributed by atoms with Crippen LogP contribution in [0.1, 0.15) is 6.92 Å². The summed E-state index contributed by atoms with van der Waals surface area (Å²) in [5.74, 6) is -0.294. The second-order valence-electron chi connectivity index (χ2n) is 2.09. The Kier molecular flexibility index (Phi) is 2.45. The van der Waals surface area contributed by atoms with Gasteiger partial charge in [0.2, 0.25) is 0 Å². The lowest BCUT2D eigenvalue weighted by molar-refractivity contribution is -0.138. The van der Waals surface area contributed by atoms with E-state index in [9.17, 15) is 4.79 Å². The number of ether oxygens (including phenoxy) is 2. The Balaban J connectivity index is 2.05. The zero-order valence-electron chi connectivity index (χ0n) is 5.87. The lowest BCUT2D eigenvalue weighted by Crippen LogP contribution is -2.06. The molecule has 10 heavy (non-hydrogen) atoms. The Morgan fingerprint density at radius 1 is 1.90 bits per heavy atom. The fraction of sp³-hybridized carbons (Fsp3) is 0.571. The SMILES string of the molecule is C/C=C/C(=O)OC[C@H]1CO1. The summed E-state index contributed by atoms with van der Waals surface area (Å²) in [6.07, 6.45) is 3.20. The van der Waals surface area contributed by atoms with Crippen molar-refractivity contribution < 1.29 is 14.3 Å². The number of carbonyl (C=O) groups is 1. The van der Waals surface area contributed by atoms with Crippen molar-refractivity contribution in [1.29, 1.82) is 0 Å². The Hall–Kier alpha value is -0.830. The van der Waals surface area contributed by atoms with Gasteiger partial charge in [-0.3, -0.25) is 0 Å². The average Bonchev–Trinajstić information content (AvgIpc) is 2.67. The monoisotopic (exact) mass is 142 g/mol. The summed E-state index contributed by atoms with van der Waals surface area (Å²) in [7, 11) is 0. The van der Waals surface area contributed by atoms with Gasteiger partial charge in [0, 0.05) is 6.08 Å². The number of allylic oxidation sites excluding steroid dienone is 1. The first-order chi connectivity index (χ1) is 4.83. The third-order valence-corrected chi connectivity index (χ3v) is 1.12. The predicted molar refractivity (Wildman–Crippen MR) is 35.5 cm³/mol. The van der Waals surface area contributed by atoms with Gasteiger partial charge in [-0.2, -0.15) is 0 Å². The van der Waals surface area contributed by atoms with E-state index in [1.54, 1.807) is 13.0 Å². The molecular weight excluding hydrogens is 132 g/mol. The molecule has 3 heteroatoms. The molecule has 1 saturated heterocycles. The van der Waals surface area contributed by atoms with Crippen LogP contribution in [-0.2, 0) is 14.3 Å². The van der Waals surface area contributed by atoms with Crippen molar-refractivity contribution in [3.8, 4) is 0 Å². The van der Waals surface area contributed by atoms with E-state index in [1.807, 2.05) is 0 Å². The minimum Gasteiger partial charge on any atom is -0.460 e. The van der Waals surface area contributed by atoms with Gasteiger partial charge in [0.05, 0.1) is 6.61 Å². The van der Waals surface area contributed by atoms with E-state index in [0.29, 0.717) is 6.61 Å². The van der Waals surface area contributed by atoms with Crippen LogP contribution in [0.15, 0.2) is 12.2 Å². The summed E-state index contributed by atoms with van der Waals surface area (Å²) in [5.41, 5.74) is 0. The average molecular weight is 142 g/mol. The van der Waals surface area contributed by atoms with Crippen LogP contribution in [-0.4, -0.2) is 25.3 Å².